The summed E-state index contributed by atoms with van der Waals surface area (Å²) >= 11 is 5.73. The first-order valence-electron chi connectivity index (χ1n) is 5.22. The van der Waals surface area contributed by atoms with Gasteiger partial charge in [0.15, 0.2) is 0 Å². The number of carbonyl (C=O) groups is 1. The first kappa shape index (κ1) is 14.4. The molecule has 7 heteroatoms. The summed E-state index contributed by atoms with van der Waals surface area (Å²) in [6.45, 7) is 3.68. The summed E-state index contributed by atoms with van der Waals surface area (Å²) in [5.41, 5.74) is 4.76. The first-order chi connectivity index (χ1) is 8.20. The van der Waals surface area contributed by atoms with Crippen LogP contribution >= 0.6 is 11.6 Å². The lowest BCUT2D eigenvalue weighted by Crippen LogP contribution is -2.45. The molecule has 0 aromatic heterocycles. The molecule has 6 nitrogen and oxygen atoms in total. The van der Waals surface area contributed by atoms with Crippen LogP contribution in [0.2, 0.25) is 5.02 Å². The van der Waals surface area contributed by atoms with Crippen molar-refractivity contribution in [3.05, 3.63) is 38.9 Å². The Morgan fingerprint density at radius 1 is 1.56 bits per heavy atom. The fourth-order valence-corrected chi connectivity index (χ4v) is 1.42. The molecule has 1 aromatic rings. The normalized spacial score (nSPS) is 11.1. The quantitative estimate of drug-likeness (QED) is 0.643. The van der Waals surface area contributed by atoms with Crippen LogP contribution in [-0.2, 0) is 0 Å². The molecule has 1 rings (SSSR count). The predicted octanol–water partition coefficient (Wildman–Crippen LogP) is 1.72. The number of hydrogen-bond donors (Lipinski definition) is 2. The van der Waals surface area contributed by atoms with Crippen molar-refractivity contribution in [2.75, 3.05) is 6.54 Å². The van der Waals surface area contributed by atoms with Gasteiger partial charge in [-0.1, -0.05) is 11.6 Å². The van der Waals surface area contributed by atoms with Gasteiger partial charge >= 0.3 is 0 Å². The standard InChI is InChI=1S/C11H14ClN3O3/c1-11(2,13)6-14-10(16)8-5-7(12)3-4-9(8)15(17)18/h3-5H,6,13H2,1-2H3,(H,14,16). The maximum atomic E-state index is 11.8. The highest BCUT2D eigenvalue weighted by atomic mass is 35.5. The number of nitrogens with one attached hydrogen (secondary N) is 1. The number of rotatable bonds is 4. The fourth-order valence-electron chi connectivity index (χ4n) is 1.25. The number of carbonyl (C=O) groups excluding carboxylic acids is 1. The van der Waals surface area contributed by atoms with Crippen molar-refractivity contribution in [2.45, 2.75) is 19.4 Å². The van der Waals surface area contributed by atoms with Crippen LogP contribution in [0.1, 0.15) is 24.2 Å². The van der Waals surface area contributed by atoms with E-state index in [1.54, 1.807) is 13.8 Å². The molecule has 0 spiro atoms. The van der Waals surface area contributed by atoms with Gasteiger partial charge in [-0.3, -0.25) is 14.9 Å². The molecular weight excluding hydrogens is 258 g/mol. The molecule has 0 saturated carbocycles. The van der Waals surface area contributed by atoms with Gasteiger partial charge in [0.1, 0.15) is 5.56 Å². The fraction of sp³-hybridized carbons (Fsp3) is 0.364. The Morgan fingerprint density at radius 2 is 2.17 bits per heavy atom. The van der Waals surface area contributed by atoms with E-state index in [9.17, 15) is 14.9 Å². The summed E-state index contributed by atoms with van der Waals surface area (Å²) < 4.78 is 0. The number of nitro groups is 1. The monoisotopic (exact) mass is 271 g/mol. The second kappa shape index (κ2) is 5.32. The lowest BCUT2D eigenvalue weighted by atomic mass is 10.1. The van der Waals surface area contributed by atoms with Crippen LogP contribution in [0.5, 0.6) is 0 Å². The summed E-state index contributed by atoms with van der Waals surface area (Å²) in [5, 5.41) is 13.6. The van der Waals surface area contributed by atoms with E-state index >= 15 is 0 Å². The Hall–Kier alpha value is -1.66. The Bertz CT molecular complexity index is 483. The summed E-state index contributed by atoms with van der Waals surface area (Å²) in [5.74, 6) is -0.567. The third-order valence-electron chi connectivity index (χ3n) is 2.10. The minimum atomic E-state index is -0.626. The Kier molecular flexibility index (Phi) is 4.26. The largest absolute Gasteiger partial charge is 0.350 e. The number of nitrogens with zero attached hydrogens (tertiary/aromatic N) is 1. The van der Waals surface area contributed by atoms with Crippen LogP contribution in [-0.4, -0.2) is 22.9 Å². The van der Waals surface area contributed by atoms with Crippen LogP contribution in [0.25, 0.3) is 0 Å². The molecule has 1 aromatic carbocycles. The van der Waals surface area contributed by atoms with Gasteiger partial charge in [0, 0.05) is 23.2 Å². The molecule has 0 unspecified atom stereocenters. The Balaban J connectivity index is 2.97. The number of nitrogens with two attached hydrogens (primary N) is 1. The van der Waals surface area contributed by atoms with Crippen LogP contribution in [0.3, 0.4) is 0 Å². The second-order valence-electron chi connectivity index (χ2n) is 4.59. The minimum Gasteiger partial charge on any atom is -0.350 e. The molecule has 3 N–H and O–H groups in total. The second-order valence-corrected chi connectivity index (χ2v) is 5.03. The van der Waals surface area contributed by atoms with E-state index in [1.165, 1.54) is 18.2 Å². The van der Waals surface area contributed by atoms with Crippen LogP contribution in [0.15, 0.2) is 18.2 Å². The van der Waals surface area contributed by atoms with E-state index in [2.05, 4.69) is 5.32 Å². The zero-order valence-electron chi connectivity index (χ0n) is 10.1. The number of hydrogen-bond acceptors (Lipinski definition) is 4. The summed E-state index contributed by atoms with van der Waals surface area (Å²) in [4.78, 5) is 22.0. The molecule has 0 saturated heterocycles. The first-order valence-corrected chi connectivity index (χ1v) is 5.59. The molecule has 0 aliphatic heterocycles. The van der Waals surface area contributed by atoms with E-state index in [4.69, 9.17) is 17.3 Å². The van der Waals surface area contributed by atoms with Crippen molar-refractivity contribution in [3.8, 4) is 0 Å². The summed E-state index contributed by atoms with van der Waals surface area (Å²) in [6, 6.07) is 3.83. The molecule has 0 atom stereocenters. The smallest absolute Gasteiger partial charge is 0.282 e. The molecule has 1 amide bonds. The van der Waals surface area contributed by atoms with Gasteiger partial charge in [-0.2, -0.15) is 0 Å². The summed E-state index contributed by atoms with van der Waals surface area (Å²) in [6.07, 6.45) is 0. The van der Waals surface area contributed by atoms with Gasteiger partial charge in [-0.05, 0) is 26.0 Å². The van der Waals surface area contributed by atoms with Gasteiger partial charge in [0.05, 0.1) is 4.92 Å². The van der Waals surface area contributed by atoms with Crippen molar-refractivity contribution in [2.24, 2.45) is 5.73 Å². The molecule has 0 bridgehead atoms. The van der Waals surface area contributed by atoms with Crippen molar-refractivity contribution in [3.63, 3.8) is 0 Å². The van der Waals surface area contributed by atoms with Crippen molar-refractivity contribution in [1.82, 2.24) is 5.32 Å². The van der Waals surface area contributed by atoms with E-state index < -0.39 is 16.4 Å². The van der Waals surface area contributed by atoms with Crippen LogP contribution in [0, 0.1) is 10.1 Å². The van der Waals surface area contributed by atoms with Crippen molar-refractivity contribution < 1.29 is 9.72 Å². The minimum absolute atomic E-state index is 0.0725. The number of benzene rings is 1. The lowest BCUT2D eigenvalue weighted by molar-refractivity contribution is -0.385. The van der Waals surface area contributed by atoms with Gasteiger partial charge in [-0.15, -0.1) is 0 Å². The third-order valence-corrected chi connectivity index (χ3v) is 2.34. The molecule has 98 valence electrons. The number of halogens is 1. The van der Waals surface area contributed by atoms with E-state index in [-0.39, 0.29) is 22.8 Å². The zero-order chi connectivity index (χ0) is 13.9. The molecule has 18 heavy (non-hydrogen) atoms. The van der Waals surface area contributed by atoms with Crippen molar-refractivity contribution in [1.29, 1.82) is 0 Å². The van der Waals surface area contributed by atoms with Crippen molar-refractivity contribution >= 4 is 23.2 Å². The molecule has 0 fully saturated rings. The van der Waals surface area contributed by atoms with Crippen LogP contribution in [0.4, 0.5) is 5.69 Å². The van der Waals surface area contributed by atoms with E-state index in [0.29, 0.717) is 0 Å². The molecule has 0 heterocycles. The SMILES string of the molecule is CC(C)(N)CNC(=O)c1cc(Cl)ccc1[N+](=O)[O-]. The van der Waals surface area contributed by atoms with Gasteiger partial charge < -0.3 is 11.1 Å². The number of nitro benzene ring substituents is 1. The zero-order valence-corrected chi connectivity index (χ0v) is 10.8. The molecule has 0 radical (unpaired) electrons. The van der Waals surface area contributed by atoms with Gasteiger partial charge in [-0.25, -0.2) is 0 Å². The van der Waals surface area contributed by atoms with E-state index in [0.717, 1.165) is 0 Å². The highest BCUT2D eigenvalue weighted by Crippen LogP contribution is 2.22. The number of amides is 1. The maximum Gasteiger partial charge on any atom is 0.282 e. The van der Waals surface area contributed by atoms with Crippen LogP contribution < -0.4 is 11.1 Å². The van der Waals surface area contributed by atoms with E-state index in [1.807, 2.05) is 0 Å². The maximum absolute atomic E-state index is 11.8. The average molecular weight is 272 g/mol. The topological polar surface area (TPSA) is 98.3 Å². The average Bonchev–Trinajstić information content (AvgIpc) is 2.24. The van der Waals surface area contributed by atoms with Gasteiger partial charge in [0.2, 0.25) is 0 Å². The highest BCUT2D eigenvalue weighted by molar-refractivity contribution is 6.31. The molecular formula is C11H14ClN3O3. The Labute approximate surface area is 109 Å². The molecule has 0 aliphatic rings. The Morgan fingerprint density at radius 3 is 2.67 bits per heavy atom. The third kappa shape index (κ3) is 3.97. The highest BCUT2D eigenvalue weighted by Gasteiger charge is 2.21. The lowest BCUT2D eigenvalue weighted by Gasteiger charge is -2.18. The predicted molar refractivity (Wildman–Crippen MR) is 68.7 cm³/mol. The summed E-state index contributed by atoms with van der Waals surface area (Å²) in [7, 11) is 0. The van der Waals surface area contributed by atoms with Gasteiger partial charge in [0.25, 0.3) is 11.6 Å². The molecule has 0 aliphatic carbocycles.